The van der Waals surface area contributed by atoms with Crippen LogP contribution in [0, 0.1) is 0 Å². The SMILES string of the molecule is CNCCC1CCN(C)c2ccc(Cl)cc21. The summed E-state index contributed by atoms with van der Waals surface area (Å²) in [5, 5.41) is 4.08. The summed E-state index contributed by atoms with van der Waals surface area (Å²) in [4.78, 5) is 2.32. The molecule has 0 fully saturated rings. The number of rotatable bonds is 3. The highest BCUT2D eigenvalue weighted by atomic mass is 35.5. The number of nitrogens with one attached hydrogen (secondary N) is 1. The maximum Gasteiger partial charge on any atom is 0.0410 e. The lowest BCUT2D eigenvalue weighted by molar-refractivity contribution is 0.539. The highest BCUT2D eigenvalue weighted by Crippen LogP contribution is 2.37. The molecule has 0 spiro atoms. The molecule has 1 unspecified atom stereocenters. The third-order valence-electron chi connectivity index (χ3n) is 3.40. The molecule has 2 nitrogen and oxygen atoms in total. The molecule has 0 saturated heterocycles. The lowest BCUT2D eigenvalue weighted by Crippen LogP contribution is -2.28. The Kier molecular flexibility index (Phi) is 3.72. The van der Waals surface area contributed by atoms with Crippen LogP contribution in [0.2, 0.25) is 5.02 Å². The van der Waals surface area contributed by atoms with Crippen molar-refractivity contribution in [3.8, 4) is 0 Å². The van der Waals surface area contributed by atoms with Crippen LogP contribution in [-0.4, -0.2) is 27.2 Å². The van der Waals surface area contributed by atoms with E-state index in [9.17, 15) is 0 Å². The van der Waals surface area contributed by atoms with Crippen molar-refractivity contribution in [2.45, 2.75) is 18.8 Å². The first-order valence-electron chi connectivity index (χ1n) is 5.87. The van der Waals surface area contributed by atoms with Crippen molar-refractivity contribution in [3.63, 3.8) is 0 Å². The van der Waals surface area contributed by atoms with Gasteiger partial charge in [-0.25, -0.2) is 0 Å². The molecular weight excluding hydrogens is 220 g/mol. The van der Waals surface area contributed by atoms with Crippen molar-refractivity contribution in [2.75, 3.05) is 32.1 Å². The number of benzene rings is 1. The van der Waals surface area contributed by atoms with E-state index in [1.807, 2.05) is 13.1 Å². The van der Waals surface area contributed by atoms with Gasteiger partial charge in [0.15, 0.2) is 0 Å². The Bertz CT molecular complexity index is 365. The summed E-state index contributed by atoms with van der Waals surface area (Å²) in [7, 11) is 4.16. The van der Waals surface area contributed by atoms with Gasteiger partial charge in [-0.3, -0.25) is 0 Å². The molecule has 1 aliphatic rings. The van der Waals surface area contributed by atoms with Crippen molar-refractivity contribution in [2.24, 2.45) is 0 Å². The Morgan fingerprint density at radius 2 is 2.31 bits per heavy atom. The first-order valence-corrected chi connectivity index (χ1v) is 6.25. The van der Waals surface area contributed by atoms with Crippen LogP contribution < -0.4 is 10.2 Å². The van der Waals surface area contributed by atoms with E-state index in [0.717, 1.165) is 18.1 Å². The maximum absolute atomic E-state index is 6.09. The van der Waals surface area contributed by atoms with E-state index in [-0.39, 0.29) is 0 Å². The molecule has 0 aliphatic carbocycles. The van der Waals surface area contributed by atoms with E-state index in [4.69, 9.17) is 11.6 Å². The van der Waals surface area contributed by atoms with Crippen molar-refractivity contribution in [3.05, 3.63) is 28.8 Å². The lowest BCUT2D eigenvalue weighted by atomic mass is 9.87. The fourth-order valence-electron chi connectivity index (χ4n) is 2.44. The van der Waals surface area contributed by atoms with Gasteiger partial charge < -0.3 is 10.2 Å². The van der Waals surface area contributed by atoms with Gasteiger partial charge in [0.25, 0.3) is 0 Å². The summed E-state index contributed by atoms with van der Waals surface area (Å²) in [6.07, 6.45) is 2.42. The van der Waals surface area contributed by atoms with Gasteiger partial charge in [0.2, 0.25) is 0 Å². The molecule has 0 amide bonds. The Balaban J connectivity index is 2.27. The van der Waals surface area contributed by atoms with Crippen LogP contribution in [0.25, 0.3) is 0 Å². The monoisotopic (exact) mass is 238 g/mol. The first kappa shape index (κ1) is 11.7. The van der Waals surface area contributed by atoms with Gasteiger partial charge in [0.05, 0.1) is 0 Å². The molecule has 1 aliphatic heterocycles. The molecule has 2 rings (SSSR count). The van der Waals surface area contributed by atoms with Crippen LogP contribution in [0.5, 0.6) is 0 Å². The zero-order valence-corrected chi connectivity index (χ0v) is 10.7. The predicted molar refractivity (Wildman–Crippen MR) is 70.6 cm³/mol. The van der Waals surface area contributed by atoms with E-state index in [1.54, 1.807) is 0 Å². The maximum atomic E-state index is 6.09. The smallest absolute Gasteiger partial charge is 0.0410 e. The molecular formula is C13H19ClN2. The summed E-state index contributed by atoms with van der Waals surface area (Å²) in [6, 6.07) is 6.26. The minimum absolute atomic E-state index is 0.650. The lowest BCUT2D eigenvalue weighted by Gasteiger charge is -2.33. The summed E-state index contributed by atoms with van der Waals surface area (Å²) < 4.78 is 0. The van der Waals surface area contributed by atoms with Gasteiger partial charge in [0.1, 0.15) is 0 Å². The van der Waals surface area contributed by atoms with Crippen LogP contribution in [0.1, 0.15) is 24.3 Å². The topological polar surface area (TPSA) is 15.3 Å². The average molecular weight is 239 g/mol. The Labute approximate surface area is 103 Å². The molecule has 1 atom stereocenters. The zero-order valence-electron chi connectivity index (χ0n) is 9.96. The summed E-state index contributed by atoms with van der Waals surface area (Å²) in [5.41, 5.74) is 2.76. The molecule has 3 heteroatoms. The average Bonchev–Trinajstić information content (AvgIpc) is 2.28. The second-order valence-corrected chi connectivity index (χ2v) is 4.94. The number of anilines is 1. The van der Waals surface area contributed by atoms with Crippen LogP contribution >= 0.6 is 11.6 Å². The zero-order chi connectivity index (χ0) is 11.5. The van der Waals surface area contributed by atoms with Gasteiger partial charge in [0, 0.05) is 24.3 Å². The molecule has 88 valence electrons. The summed E-state index contributed by atoms with van der Waals surface area (Å²) in [5.74, 6) is 0.650. The van der Waals surface area contributed by atoms with Gasteiger partial charge in [-0.15, -0.1) is 0 Å². The van der Waals surface area contributed by atoms with E-state index in [2.05, 4.69) is 29.4 Å². The second-order valence-electron chi connectivity index (χ2n) is 4.50. The fraction of sp³-hybridized carbons (Fsp3) is 0.538. The molecule has 1 heterocycles. The van der Waals surface area contributed by atoms with Crippen LogP contribution in [0.15, 0.2) is 18.2 Å². The van der Waals surface area contributed by atoms with Crippen LogP contribution in [0.3, 0.4) is 0 Å². The van der Waals surface area contributed by atoms with Crippen molar-refractivity contribution >= 4 is 17.3 Å². The Hall–Kier alpha value is -0.730. The van der Waals surface area contributed by atoms with Gasteiger partial charge >= 0.3 is 0 Å². The van der Waals surface area contributed by atoms with Gasteiger partial charge in [-0.2, -0.15) is 0 Å². The predicted octanol–water partition coefficient (Wildman–Crippen LogP) is 2.87. The number of halogens is 1. The number of fused-ring (bicyclic) bond motifs is 1. The third kappa shape index (κ3) is 2.33. The molecule has 0 bridgehead atoms. The molecule has 1 N–H and O–H groups in total. The van der Waals surface area contributed by atoms with E-state index < -0.39 is 0 Å². The third-order valence-corrected chi connectivity index (χ3v) is 3.63. The Morgan fingerprint density at radius 1 is 1.50 bits per heavy atom. The normalized spacial score (nSPS) is 19.7. The van der Waals surface area contributed by atoms with Crippen LogP contribution in [-0.2, 0) is 0 Å². The largest absolute Gasteiger partial charge is 0.374 e. The quantitative estimate of drug-likeness (QED) is 0.871. The molecule has 0 saturated carbocycles. The minimum Gasteiger partial charge on any atom is -0.374 e. The van der Waals surface area contributed by atoms with Gasteiger partial charge in [-0.05, 0) is 56.1 Å². The summed E-state index contributed by atoms with van der Waals surface area (Å²) in [6.45, 7) is 2.21. The molecule has 1 aromatic rings. The molecule has 16 heavy (non-hydrogen) atoms. The minimum atomic E-state index is 0.650. The summed E-state index contributed by atoms with van der Waals surface area (Å²) >= 11 is 6.09. The molecule has 0 radical (unpaired) electrons. The number of hydrogen-bond donors (Lipinski definition) is 1. The standard InChI is InChI=1S/C13H19ClN2/c1-15-7-5-10-6-8-16(2)13-4-3-11(14)9-12(10)13/h3-4,9-10,15H,5-8H2,1-2H3. The van der Waals surface area contributed by atoms with E-state index in [0.29, 0.717) is 5.92 Å². The van der Waals surface area contributed by atoms with Crippen molar-refractivity contribution in [1.82, 2.24) is 5.32 Å². The molecule has 1 aromatic carbocycles. The second kappa shape index (κ2) is 5.07. The Morgan fingerprint density at radius 3 is 3.06 bits per heavy atom. The first-order chi connectivity index (χ1) is 7.72. The molecule has 0 aromatic heterocycles. The highest BCUT2D eigenvalue weighted by Gasteiger charge is 2.22. The van der Waals surface area contributed by atoms with Crippen LogP contribution in [0.4, 0.5) is 5.69 Å². The number of hydrogen-bond acceptors (Lipinski definition) is 2. The highest BCUT2D eigenvalue weighted by molar-refractivity contribution is 6.30. The van der Waals surface area contributed by atoms with E-state index >= 15 is 0 Å². The van der Waals surface area contributed by atoms with E-state index in [1.165, 1.54) is 24.1 Å². The fourth-order valence-corrected chi connectivity index (χ4v) is 2.62. The van der Waals surface area contributed by atoms with Crippen molar-refractivity contribution in [1.29, 1.82) is 0 Å². The van der Waals surface area contributed by atoms with Gasteiger partial charge in [-0.1, -0.05) is 11.6 Å². The number of nitrogens with zero attached hydrogens (tertiary/aromatic N) is 1. The van der Waals surface area contributed by atoms with Crippen molar-refractivity contribution < 1.29 is 0 Å².